The molecule has 0 aliphatic carbocycles. The molecule has 0 radical (unpaired) electrons. The highest BCUT2D eigenvalue weighted by Crippen LogP contribution is 2.29. The first kappa shape index (κ1) is 15.7. The van der Waals surface area contributed by atoms with Crippen molar-refractivity contribution in [1.82, 2.24) is 20.4 Å². The third kappa shape index (κ3) is 4.17. The Hall–Kier alpha value is -0.650. The van der Waals surface area contributed by atoms with Gasteiger partial charge in [-0.3, -0.25) is 9.69 Å². The fourth-order valence-electron chi connectivity index (χ4n) is 3.02. The van der Waals surface area contributed by atoms with Gasteiger partial charge in [-0.15, -0.1) is 0 Å². The van der Waals surface area contributed by atoms with Gasteiger partial charge in [-0.2, -0.15) is 0 Å². The minimum Gasteiger partial charge on any atom is -0.354 e. The van der Waals surface area contributed by atoms with Crippen molar-refractivity contribution in [2.45, 2.75) is 32.7 Å². The quantitative estimate of drug-likeness (QED) is 0.769. The van der Waals surface area contributed by atoms with Crippen LogP contribution in [0.1, 0.15) is 26.7 Å². The van der Waals surface area contributed by atoms with E-state index in [1.807, 2.05) is 6.92 Å². The molecule has 20 heavy (non-hydrogen) atoms. The summed E-state index contributed by atoms with van der Waals surface area (Å²) in [5.41, 5.74) is 0.269. The van der Waals surface area contributed by atoms with Crippen LogP contribution < -0.4 is 10.6 Å². The normalized spacial score (nSPS) is 26.1. The molecule has 2 aliphatic rings. The number of carbonyl (C=O) groups is 1. The SMILES string of the molecule is CC(C(=O)NCC1(C)CCN(C)CC1)N1CCNCC1. The van der Waals surface area contributed by atoms with Crippen LogP contribution in [0.3, 0.4) is 0 Å². The summed E-state index contributed by atoms with van der Waals surface area (Å²) in [6.45, 7) is 11.3. The second kappa shape index (κ2) is 6.87. The Balaban J connectivity index is 1.76. The zero-order valence-electron chi connectivity index (χ0n) is 13.2. The lowest BCUT2D eigenvalue weighted by molar-refractivity contribution is -0.126. The molecule has 1 amide bonds. The Labute approximate surface area is 123 Å². The average Bonchev–Trinajstić information content (AvgIpc) is 2.48. The molecule has 116 valence electrons. The summed E-state index contributed by atoms with van der Waals surface area (Å²) in [6.07, 6.45) is 2.34. The van der Waals surface area contributed by atoms with Crippen molar-refractivity contribution in [2.75, 3.05) is 52.9 Å². The molecule has 0 aromatic rings. The second-order valence-corrected chi connectivity index (χ2v) is 6.79. The molecule has 0 spiro atoms. The van der Waals surface area contributed by atoms with Crippen molar-refractivity contribution in [3.63, 3.8) is 0 Å². The fourth-order valence-corrected chi connectivity index (χ4v) is 3.02. The van der Waals surface area contributed by atoms with Gasteiger partial charge in [-0.25, -0.2) is 0 Å². The summed E-state index contributed by atoms with van der Waals surface area (Å²) < 4.78 is 0. The second-order valence-electron chi connectivity index (χ2n) is 6.79. The summed E-state index contributed by atoms with van der Waals surface area (Å²) in [5.74, 6) is 0.187. The van der Waals surface area contributed by atoms with Gasteiger partial charge in [0.05, 0.1) is 6.04 Å². The molecule has 0 saturated carbocycles. The van der Waals surface area contributed by atoms with Crippen molar-refractivity contribution in [2.24, 2.45) is 5.41 Å². The molecule has 0 bridgehead atoms. The maximum atomic E-state index is 12.3. The van der Waals surface area contributed by atoms with Crippen LogP contribution >= 0.6 is 0 Å². The molecule has 2 aliphatic heterocycles. The van der Waals surface area contributed by atoms with E-state index in [4.69, 9.17) is 0 Å². The molecule has 1 atom stereocenters. The molecule has 1 unspecified atom stereocenters. The minimum absolute atomic E-state index is 0.00744. The summed E-state index contributed by atoms with van der Waals surface area (Å²) in [4.78, 5) is 16.9. The topological polar surface area (TPSA) is 47.6 Å². The minimum atomic E-state index is -0.00744. The van der Waals surface area contributed by atoms with E-state index in [1.54, 1.807) is 0 Å². The van der Waals surface area contributed by atoms with Crippen molar-refractivity contribution < 1.29 is 4.79 Å². The van der Waals surface area contributed by atoms with Crippen LogP contribution in [0.5, 0.6) is 0 Å². The smallest absolute Gasteiger partial charge is 0.237 e. The summed E-state index contributed by atoms with van der Waals surface area (Å²) >= 11 is 0. The lowest BCUT2D eigenvalue weighted by atomic mass is 9.80. The van der Waals surface area contributed by atoms with E-state index in [2.05, 4.69) is 34.4 Å². The molecule has 0 aromatic carbocycles. The monoisotopic (exact) mass is 282 g/mol. The Morgan fingerprint density at radius 3 is 2.45 bits per heavy atom. The summed E-state index contributed by atoms with van der Waals surface area (Å²) in [7, 11) is 2.17. The van der Waals surface area contributed by atoms with Gasteiger partial charge >= 0.3 is 0 Å². The molecule has 5 nitrogen and oxygen atoms in total. The molecule has 5 heteroatoms. The predicted octanol–water partition coefficient (Wildman–Crippen LogP) is 0.128. The van der Waals surface area contributed by atoms with E-state index in [-0.39, 0.29) is 17.4 Å². The van der Waals surface area contributed by atoms with Crippen LogP contribution in [-0.2, 0) is 4.79 Å². The van der Waals surface area contributed by atoms with Gasteiger partial charge in [-0.1, -0.05) is 6.92 Å². The van der Waals surface area contributed by atoms with E-state index in [0.717, 1.165) is 45.8 Å². The molecular formula is C15H30N4O. The standard InChI is InChI=1S/C15H30N4O/c1-13(19-10-6-16-7-11-19)14(20)17-12-15(2)4-8-18(3)9-5-15/h13,16H,4-12H2,1-3H3,(H,17,20). The molecule has 2 rings (SSSR count). The Bertz CT molecular complexity index is 320. The predicted molar refractivity (Wildman–Crippen MR) is 81.8 cm³/mol. The molecule has 0 aromatic heterocycles. The highest BCUT2D eigenvalue weighted by molar-refractivity contribution is 5.81. The van der Waals surface area contributed by atoms with E-state index in [0.29, 0.717) is 0 Å². The van der Waals surface area contributed by atoms with Gasteiger partial charge in [0.1, 0.15) is 0 Å². The van der Waals surface area contributed by atoms with Crippen molar-refractivity contribution in [3.8, 4) is 0 Å². The number of nitrogens with one attached hydrogen (secondary N) is 2. The molecule has 2 heterocycles. The van der Waals surface area contributed by atoms with Crippen LogP contribution in [0.15, 0.2) is 0 Å². The van der Waals surface area contributed by atoms with Gasteiger partial charge in [-0.05, 0) is 45.3 Å². The largest absolute Gasteiger partial charge is 0.354 e. The zero-order valence-corrected chi connectivity index (χ0v) is 13.2. The number of nitrogens with zero attached hydrogens (tertiary/aromatic N) is 2. The van der Waals surface area contributed by atoms with Crippen LogP contribution in [0.4, 0.5) is 0 Å². The Kier molecular flexibility index (Phi) is 5.41. The average molecular weight is 282 g/mol. The highest BCUT2D eigenvalue weighted by Gasteiger charge is 2.30. The molecule has 2 N–H and O–H groups in total. The Morgan fingerprint density at radius 1 is 1.25 bits per heavy atom. The number of rotatable bonds is 4. The third-order valence-corrected chi connectivity index (χ3v) is 4.96. The number of hydrogen-bond donors (Lipinski definition) is 2. The fraction of sp³-hybridized carbons (Fsp3) is 0.933. The highest BCUT2D eigenvalue weighted by atomic mass is 16.2. The van der Waals surface area contributed by atoms with Crippen molar-refractivity contribution >= 4 is 5.91 Å². The van der Waals surface area contributed by atoms with Crippen LogP contribution in [0.25, 0.3) is 0 Å². The number of likely N-dealkylation sites (tertiary alicyclic amines) is 1. The number of piperazine rings is 1. The Morgan fingerprint density at radius 2 is 1.85 bits per heavy atom. The lowest BCUT2D eigenvalue weighted by Crippen LogP contribution is -2.54. The number of amides is 1. The van der Waals surface area contributed by atoms with Crippen molar-refractivity contribution in [3.05, 3.63) is 0 Å². The molecule has 2 saturated heterocycles. The summed E-state index contributed by atoms with van der Waals surface area (Å²) in [5, 5.41) is 6.51. The van der Waals surface area contributed by atoms with E-state index in [1.165, 1.54) is 12.8 Å². The number of piperidine rings is 1. The first-order valence-electron chi connectivity index (χ1n) is 7.91. The third-order valence-electron chi connectivity index (χ3n) is 4.96. The van der Waals surface area contributed by atoms with Gasteiger partial charge in [0, 0.05) is 32.7 Å². The lowest BCUT2D eigenvalue weighted by Gasteiger charge is -2.38. The van der Waals surface area contributed by atoms with E-state index < -0.39 is 0 Å². The van der Waals surface area contributed by atoms with E-state index >= 15 is 0 Å². The first-order valence-corrected chi connectivity index (χ1v) is 7.91. The van der Waals surface area contributed by atoms with Crippen LogP contribution in [0, 0.1) is 5.41 Å². The van der Waals surface area contributed by atoms with Gasteiger partial charge in [0.15, 0.2) is 0 Å². The first-order chi connectivity index (χ1) is 9.50. The molecular weight excluding hydrogens is 252 g/mol. The maximum Gasteiger partial charge on any atom is 0.237 e. The van der Waals surface area contributed by atoms with Crippen molar-refractivity contribution in [1.29, 1.82) is 0 Å². The van der Waals surface area contributed by atoms with Crippen LogP contribution in [0.2, 0.25) is 0 Å². The molecule has 2 fully saturated rings. The number of hydrogen-bond acceptors (Lipinski definition) is 4. The van der Waals surface area contributed by atoms with E-state index in [9.17, 15) is 4.79 Å². The zero-order chi connectivity index (χ0) is 14.6. The summed E-state index contributed by atoms with van der Waals surface area (Å²) in [6, 6.07) is -0.00744. The van der Waals surface area contributed by atoms with Gasteiger partial charge < -0.3 is 15.5 Å². The van der Waals surface area contributed by atoms with Crippen LogP contribution in [-0.4, -0.2) is 74.6 Å². The van der Waals surface area contributed by atoms with Gasteiger partial charge in [0.25, 0.3) is 0 Å². The number of carbonyl (C=O) groups excluding carboxylic acids is 1. The van der Waals surface area contributed by atoms with Gasteiger partial charge in [0.2, 0.25) is 5.91 Å². The maximum absolute atomic E-state index is 12.3.